The van der Waals surface area contributed by atoms with Crippen LogP contribution in [0.2, 0.25) is 5.02 Å². The summed E-state index contributed by atoms with van der Waals surface area (Å²) >= 11 is 5.89. The first-order valence-corrected chi connectivity index (χ1v) is 10.1. The summed E-state index contributed by atoms with van der Waals surface area (Å²) in [6.45, 7) is 0.292. The Kier molecular flexibility index (Phi) is 5.73. The fraction of sp³-hybridized carbons (Fsp3) is 0.318. The smallest absolute Gasteiger partial charge is 0.344 e. The van der Waals surface area contributed by atoms with Crippen molar-refractivity contribution < 1.29 is 28.6 Å². The molecule has 8 nitrogen and oxygen atoms in total. The van der Waals surface area contributed by atoms with Crippen LogP contribution >= 0.6 is 11.6 Å². The second-order valence-corrected chi connectivity index (χ2v) is 7.66. The number of ether oxygens (including phenoxy) is 3. The third-order valence-electron chi connectivity index (χ3n) is 5.46. The molecule has 0 aromatic heterocycles. The molecular formula is C22H21ClN2O6. The van der Waals surface area contributed by atoms with Crippen molar-refractivity contribution in [3.8, 4) is 11.5 Å². The van der Waals surface area contributed by atoms with Crippen molar-refractivity contribution in [1.82, 2.24) is 10.2 Å². The van der Waals surface area contributed by atoms with Crippen molar-refractivity contribution in [2.75, 3.05) is 14.2 Å². The van der Waals surface area contributed by atoms with Crippen LogP contribution in [0.3, 0.4) is 0 Å². The van der Waals surface area contributed by atoms with E-state index >= 15 is 0 Å². The molecule has 1 fully saturated rings. The number of nitrogens with one attached hydrogen (secondary N) is 1. The number of benzene rings is 2. The maximum absolute atomic E-state index is 12.9. The second kappa shape index (κ2) is 8.47. The van der Waals surface area contributed by atoms with Gasteiger partial charge in [-0.15, -0.1) is 0 Å². The Morgan fingerprint density at radius 2 is 1.90 bits per heavy atom. The minimum absolute atomic E-state index is 0.190. The van der Waals surface area contributed by atoms with E-state index in [1.165, 1.54) is 19.1 Å². The van der Waals surface area contributed by atoms with Gasteiger partial charge in [0.1, 0.15) is 11.6 Å². The maximum Gasteiger partial charge on any atom is 0.344 e. The van der Waals surface area contributed by atoms with Crippen LogP contribution in [0.5, 0.6) is 11.5 Å². The Morgan fingerprint density at radius 3 is 2.58 bits per heavy atom. The zero-order valence-electron chi connectivity index (χ0n) is 17.0. The minimum atomic E-state index is -0.997. The molecule has 2 heterocycles. The van der Waals surface area contributed by atoms with Crippen LogP contribution in [0, 0.1) is 0 Å². The molecule has 0 bridgehead atoms. The number of hydrogen-bond acceptors (Lipinski definition) is 6. The average molecular weight is 445 g/mol. The summed E-state index contributed by atoms with van der Waals surface area (Å²) in [7, 11) is 2.89. The highest BCUT2D eigenvalue weighted by atomic mass is 35.5. The van der Waals surface area contributed by atoms with Gasteiger partial charge in [-0.1, -0.05) is 23.7 Å². The van der Waals surface area contributed by atoms with Crippen LogP contribution in [0.25, 0.3) is 0 Å². The fourth-order valence-electron chi connectivity index (χ4n) is 3.95. The summed E-state index contributed by atoms with van der Waals surface area (Å²) in [5, 5.41) is 3.46. The number of likely N-dealkylation sites (tertiary alicyclic amines) is 1. The number of carbonyl (C=O) groups excluding carboxylic acids is 3. The monoisotopic (exact) mass is 444 g/mol. The van der Waals surface area contributed by atoms with Crippen molar-refractivity contribution in [3.63, 3.8) is 0 Å². The van der Waals surface area contributed by atoms with E-state index in [0.717, 1.165) is 5.56 Å². The summed E-state index contributed by atoms with van der Waals surface area (Å²) in [5.74, 6) is -0.583. The fourth-order valence-corrected chi connectivity index (χ4v) is 4.08. The largest absolute Gasteiger partial charge is 0.493 e. The van der Waals surface area contributed by atoms with Gasteiger partial charge in [0.05, 0.1) is 14.2 Å². The average Bonchev–Trinajstić information content (AvgIpc) is 3.32. The Bertz CT molecular complexity index is 1040. The van der Waals surface area contributed by atoms with Gasteiger partial charge in [0.25, 0.3) is 0 Å². The standard InChI is InChI=1S/C22H21ClN2O6/c1-29-16-9-7-14-18(19(16)30-2)22(28)31-21(14)25-15(8-10-17(25)26)20(27)24-11-12-3-5-13(23)6-4-12/h3-7,9,15,21H,8,10-11H2,1-2H3,(H,24,27)/t15-,21-/m0/s1. The predicted molar refractivity (Wildman–Crippen MR) is 111 cm³/mol. The predicted octanol–water partition coefficient (Wildman–Crippen LogP) is 2.83. The molecule has 0 aliphatic carbocycles. The van der Waals surface area contributed by atoms with Gasteiger partial charge in [0.2, 0.25) is 18.0 Å². The number of carbonyl (C=O) groups is 3. The lowest BCUT2D eigenvalue weighted by Crippen LogP contribution is -2.46. The van der Waals surface area contributed by atoms with E-state index in [1.54, 1.807) is 24.3 Å². The third kappa shape index (κ3) is 3.79. The van der Waals surface area contributed by atoms with Gasteiger partial charge in [-0.05, 0) is 36.2 Å². The lowest BCUT2D eigenvalue weighted by Gasteiger charge is -2.29. The van der Waals surface area contributed by atoms with E-state index in [-0.39, 0.29) is 29.5 Å². The Labute approximate surface area is 184 Å². The van der Waals surface area contributed by atoms with Crippen LogP contribution in [0.15, 0.2) is 36.4 Å². The second-order valence-electron chi connectivity index (χ2n) is 7.22. The molecule has 0 radical (unpaired) electrons. The zero-order chi connectivity index (χ0) is 22.1. The molecule has 162 valence electrons. The molecule has 2 aliphatic rings. The normalized spacial score (nSPS) is 19.8. The number of cyclic esters (lactones) is 1. The SMILES string of the molecule is COc1ccc2c(c1OC)C(=O)O[C@@H]2N1C(=O)CC[C@H]1C(=O)NCc1ccc(Cl)cc1. The molecule has 9 heteroatoms. The number of rotatable bonds is 6. The van der Waals surface area contributed by atoms with Gasteiger partial charge in [0.15, 0.2) is 11.5 Å². The van der Waals surface area contributed by atoms with Crippen LogP contribution in [0.1, 0.15) is 40.6 Å². The van der Waals surface area contributed by atoms with Crippen molar-refractivity contribution in [1.29, 1.82) is 0 Å². The van der Waals surface area contributed by atoms with E-state index in [0.29, 0.717) is 29.3 Å². The summed E-state index contributed by atoms with van der Waals surface area (Å²) in [5.41, 5.74) is 1.54. The van der Waals surface area contributed by atoms with Gasteiger partial charge < -0.3 is 19.5 Å². The molecule has 1 N–H and O–H groups in total. The van der Waals surface area contributed by atoms with Crippen LogP contribution in [-0.4, -0.2) is 42.9 Å². The van der Waals surface area contributed by atoms with Crippen molar-refractivity contribution >= 4 is 29.4 Å². The lowest BCUT2D eigenvalue weighted by atomic mass is 10.1. The maximum atomic E-state index is 12.9. The van der Waals surface area contributed by atoms with Gasteiger partial charge in [-0.2, -0.15) is 0 Å². The van der Waals surface area contributed by atoms with Gasteiger partial charge in [-0.3, -0.25) is 14.5 Å². The van der Waals surface area contributed by atoms with E-state index in [2.05, 4.69) is 5.32 Å². The number of methoxy groups -OCH3 is 2. The first-order chi connectivity index (χ1) is 14.9. The highest BCUT2D eigenvalue weighted by Gasteiger charge is 2.47. The molecule has 0 unspecified atom stereocenters. The number of hydrogen-bond donors (Lipinski definition) is 1. The highest BCUT2D eigenvalue weighted by molar-refractivity contribution is 6.30. The summed E-state index contributed by atoms with van der Waals surface area (Å²) in [6, 6.07) is 9.65. The van der Waals surface area contributed by atoms with E-state index in [1.807, 2.05) is 12.1 Å². The number of nitrogens with zero attached hydrogens (tertiary/aromatic N) is 1. The van der Waals surface area contributed by atoms with Crippen molar-refractivity contribution in [2.24, 2.45) is 0 Å². The molecule has 1 saturated heterocycles. The Hall–Kier alpha value is -3.26. The molecule has 0 saturated carbocycles. The number of esters is 1. The molecule has 31 heavy (non-hydrogen) atoms. The quantitative estimate of drug-likeness (QED) is 0.688. The number of halogens is 1. The number of fused-ring (bicyclic) bond motifs is 1. The molecule has 2 amide bonds. The minimum Gasteiger partial charge on any atom is -0.493 e. The van der Waals surface area contributed by atoms with E-state index in [4.69, 9.17) is 25.8 Å². The molecule has 0 spiro atoms. The first kappa shape index (κ1) is 21.0. The van der Waals surface area contributed by atoms with Crippen LogP contribution in [-0.2, 0) is 20.9 Å². The molecule has 2 aliphatic heterocycles. The van der Waals surface area contributed by atoms with E-state index < -0.39 is 18.2 Å². The highest BCUT2D eigenvalue weighted by Crippen LogP contribution is 2.45. The summed E-state index contributed by atoms with van der Waals surface area (Å²) < 4.78 is 16.1. The van der Waals surface area contributed by atoms with Gasteiger partial charge in [0, 0.05) is 23.6 Å². The third-order valence-corrected chi connectivity index (χ3v) is 5.71. The molecule has 4 rings (SSSR count). The first-order valence-electron chi connectivity index (χ1n) is 9.73. The Morgan fingerprint density at radius 1 is 1.16 bits per heavy atom. The Balaban J connectivity index is 1.57. The van der Waals surface area contributed by atoms with Crippen molar-refractivity contribution in [3.05, 3.63) is 58.1 Å². The molecular weight excluding hydrogens is 424 g/mol. The molecule has 2 aromatic rings. The zero-order valence-corrected chi connectivity index (χ0v) is 17.8. The van der Waals surface area contributed by atoms with Crippen molar-refractivity contribution in [2.45, 2.75) is 31.7 Å². The number of amides is 2. The molecule has 2 atom stereocenters. The van der Waals surface area contributed by atoms with E-state index in [9.17, 15) is 14.4 Å². The molecule has 2 aromatic carbocycles. The van der Waals surface area contributed by atoms with Crippen LogP contribution in [0.4, 0.5) is 0 Å². The van der Waals surface area contributed by atoms with Gasteiger partial charge in [-0.25, -0.2) is 4.79 Å². The summed E-state index contributed by atoms with van der Waals surface area (Å²) in [4.78, 5) is 39.5. The van der Waals surface area contributed by atoms with Gasteiger partial charge >= 0.3 is 5.97 Å². The topological polar surface area (TPSA) is 94.2 Å². The lowest BCUT2D eigenvalue weighted by molar-refractivity contribution is -0.145. The van der Waals surface area contributed by atoms with Crippen LogP contribution < -0.4 is 14.8 Å². The summed E-state index contributed by atoms with van der Waals surface area (Å²) in [6.07, 6.45) is -0.471.